The van der Waals surface area contributed by atoms with Gasteiger partial charge in [0.25, 0.3) is 0 Å². The summed E-state index contributed by atoms with van der Waals surface area (Å²) in [5, 5.41) is 3.55. The number of para-hydroxylation sites is 1. The molecule has 0 radical (unpaired) electrons. The number of ether oxygens (including phenoxy) is 1. The van der Waals surface area contributed by atoms with Crippen LogP contribution in [0.3, 0.4) is 0 Å². The largest absolute Gasteiger partial charge is 0.492 e. The Kier molecular flexibility index (Phi) is 8.44. The molecule has 0 amide bonds. The second-order valence-electron chi connectivity index (χ2n) is 6.52. The molecule has 0 aliphatic carbocycles. The van der Waals surface area contributed by atoms with E-state index in [1.807, 2.05) is 0 Å². The van der Waals surface area contributed by atoms with Gasteiger partial charge in [-0.3, -0.25) is 0 Å². The first-order chi connectivity index (χ1) is 10.0. The van der Waals surface area contributed by atoms with Gasteiger partial charge in [-0.1, -0.05) is 45.9 Å². The van der Waals surface area contributed by atoms with Crippen LogP contribution in [0.25, 0.3) is 0 Å². The average Bonchev–Trinajstić information content (AvgIpc) is 2.49. The molecule has 0 aliphatic heterocycles. The summed E-state index contributed by atoms with van der Waals surface area (Å²) in [7, 11) is 0. The molecule has 0 saturated heterocycles. The molecule has 0 bridgehead atoms. The molecule has 0 aromatic heterocycles. The predicted octanol–water partition coefficient (Wildman–Crippen LogP) is 4.99. The highest BCUT2D eigenvalue weighted by Gasteiger charge is 2.09. The van der Waals surface area contributed by atoms with E-state index in [-0.39, 0.29) is 0 Å². The molecule has 2 atom stereocenters. The van der Waals surface area contributed by atoms with Gasteiger partial charge in [0.05, 0.1) is 0 Å². The Morgan fingerprint density at radius 2 is 1.76 bits per heavy atom. The van der Waals surface area contributed by atoms with Crippen molar-refractivity contribution >= 4 is 0 Å². The molecule has 1 aromatic carbocycles. The topological polar surface area (TPSA) is 21.3 Å². The number of hydrogen-bond acceptors (Lipinski definition) is 2. The van der Waals surface area contributed by atoms with E-state index in [1.165, 1.54) is 18.4 Å². The van der Waals surface area contributed by atoms with E-state index in [0.29, 0.717) is 12.0 Å². The van der Waals surface area contributed by atoms with Gasteiger partial charge in [0, 0.05) is 12.6 Å². The fraction of sp³-hybridized carbons (Fsp3) is 0.684. The standard InChI is InChI=1S/C19H33NO/c1-6-16(4)18-9-7-8-10-19(18)21-14-13-20-17(5)12-11-15(2)3/h7-10,15-17,20H,6,11-14H2,1-5H3. The second kappa shape index (κ2) is 9.83. The van der Waals surface area contributed by atoms with Crippen molar-refractivity contribution in [3.63, 3.8) is 0 Å². The molecule has 2 nitrogen and oxygen atoms in total. The Labute approximate surface area is 131 Å². The minimum atomic E-state index is 0.555. The molecule has 1 rings (SSSR count). The van der Waals surface area contributed by atoms with E-state index < -0.39 is 0 Å². The summed E-state index contributed by atoms with van der Waals surface area (Å²) in [6, 6.07) is 8.99. The van der Waals surface area contributed by atoms with Crippen LogP contribution in [0.15, 0.2) is 24.3 Å². The Morgan fingerprint density at radius 3 is 2.43 bits per heavy atom. The van der Waals surface area contributed by atoms with Gasteiger partial charge in [-0.2, -0.15) is 0 Å². The van der Waals surface area contributed by atoms with Gasteiger partial charge in [0.1, 0.15) is 12.4 Å². The zero-order chi connectivity index (χ0) is 15.7. The molecule has 0 heterocycles. The summed E-state index contributed by atoms with van der Waals surface area (Å²) in [6.07, 6.45) is 3.66. The molecule has 2 heteroatoms. The smallest absolute Gasteiger partial charge is 0.122 e. The molecule has 0 fully saturated rings. The summed E-state index contributed by atoms with van der Waals surface area (Å²) >= 11 is 0. The van der Waals surface area contributed by atoms with Crippen molar-refractivity contribution < 1.29 is 4.74 Å². The lowest BCUT2D eigenvalue weighted by molar-refractivity contribution is 0.298. The first-order valence-electron chi connectivity index (χ1n) is 8.49. The third-order valence-corrected chi connectivity index (χ3v) is 4.09. The third-order valence-electron chi connectivity index (χ3n) is 4.09. The maximum Gasteiger partial charge on any atom is 0.122 e. The molecule has 21 heavy (non-hydrogen) atoms. The molecular formula is C19H33NO. The monoisotopic (exact) mass is 291 g/mol. The number of hydrogen-bond donors (Lipinski definition) is 1. The minimum Gasteiger partial charge on any atom is -0.492 e. The van der Waals surface area contributed by atoms with Crippen LogP contribution in [0.1, 0.15) is 65.4 Å². The summed E-state index contributed by atoms with van der Waals surface area (Å²) in [6.45, 7) is 12.9. The molecule has 1 aromatic rings. The molecule has 1 N–H and O–H groups in total. The number of rotatable bonds is 10. The van der Waals surface area contributed by atoms with Crippen molar-refractivity contribution in [1.82, 2.24) is 5.32 Å². The van der Waals surface area contributed by atoms with Crippen LogP contribution in [0, 0.1) is 5.92 Å². The minimum absolute atomic E-state index is 0.555. The molecule has 0 saturated carbocycles. The summed E-state index contributed by atoms with van der Waals surface area (Å²) in [5.41, 5.74) is 1.33. The van der Waals surface area contributed by atoms with Crippen molar-refractivity contribution in [3.05, 3.63) is 29.8 Å². The van der Waals surface area contributed by atoms with Crippen LogP contribution >= 0.6 is 0 Å². The summed E-state index contributed by atoms with van der Waals surface area (Å²) in [4.78, 5) is 0. The van der Waals surface area contributed by atoms with Gasteiger partial charge in [-0.25, -0.2) is 0 Å². The highest BCUT2D eigenvalue weighted by molar-refractivity contribution is 5.35. The van der Waals surface area contributed by atoms with Crippen LogP contribution < -0.4 is 10.1 Å². The van der Waals surface area contributed by atoms with Gasteiger partial charge in [0.2, 0.25) is 0 Å². The van der Waals surface area contributed by atoms with Crippen LogP contribution in [-0.4, -0.2) is 19.2 Å². The van der Waals surface area contributed by atoms with Gasteiger partial charge in [-0.05, 0) is 49.7 Å². The van der Waals surface area contributed by atoms with Crippen LogP contribution in [0.5, 0.6) is 5.75 Å². The van der Waals surface area contributed by atoms with E-state index in [4.69, 9.17) is 4.74 Å². The van der Waals surface area contributed by atoms with Gasteiger partial charge in [-0.15, -0.1) is 0 Å². The van der Waals surface area contributed by atoms with Crippen LogP contribution in [0.4, 0.5) is 0 Å². The molecule has 0 spiro atoms. The lowest BCUT2D eigenvalue weighted by atomic mass is 9.98. The number of benzene rings is 1. The van der Waals surface area contributed by atoms with Crippen molar-refractivity contribution in [2.75, 3.05) is 13.2 Å². The summed E-state index contributed by atoms with van der Waals surface area (Å²) in [5.74, 6) is 2.38. The van der Waals surface area contributed by atoms with Gasteiger partial charge >= 0.3 is 0 Å². The summed E-state index contributed by atoms with van der Waals surface area (Å²) < 4.78 is 5.97. The Hall–Kier alpha value is -1.02. The SMILES string of the molecule is CCC(C)c1ccccc1OCCNC(C)CCC(C)C. The van der Waals surface area contributed by atoms with Gasteiger partial charge in [0.15, 0.2) is 0 Å². The normalized spacial score (nSPS) is 14.2. The highest BCUT2D eigenvalue weighted by Crippen LogP contribution is 2.28. The zero-order valence-electron chi connectivity index (χ0n) is 14.5. The maximum atomic E-state index is 5.97. The fourth-order valence-corrected chi connectivity index (χ4v) is 2.39. The van der Waals surface area contributed by atoms with E-state index in [1.54, 1.807) is 0 Å². The third kappa shape index (κ3) is 6.99. The molecule has 0 aliphatic rings. The fourth-order valence-electron chi connectivity index (χ4n) is 2.39. The van der Waals surface area contributed by atoms with E-state index >= 15 is 0 Å². The van der Waals surface area contributed by atoms with Crippen molar-refractivity contribution in [3.8, 4) is 5.75 Å². The van der Waals surface area contributed by atoms with E-state index in [9.17, 15) is 0 Å². The van der Waals surface area contributed by atoms with Crippen molar-refractivity contribution in [2.24, 2.45) is 5.92 Å². The average molecular weight is 291 g/mol. The highest BCUT2D eigenvalue weighted by atomic mass is 16.5. The first-order valence-corrected chi connectivity index (χ1v) is 8.49. The Morgan fingerprint density at radius 1 is 1.05 bits per heavy atom. The van der Waals surface area contributed by atoms with Crippen molar-refractivity contribution in [1.29, 1.82) is 0 Å². The maximum absolute atomic E-state index is 5.97. The van der Waals surface area contributed by atoms with E-state index in [2.05, 4.69) is 64.2 Å². The predicted molar refractivity (Wildman–Crippen MR) is 92.2 cm³/mol. The molecule has 2 unspecified atom stereocenters. The molecule has 120 valence electrons. The lowest BCUT2D eigenvalue weighted by Crippen LogP contribution is -2.30. The Bertz CT molecular complexity index is 389. The van der Waals surface area contributed by atoms with Gasteiger partial charge < -0.3 is 10.1 Å². The Balaban J connectivity index is 2.33. The van der Waals surface area contributed by atoms with Crippen LogP contribution in [0.2, 0.25) is 0 Å². The second-order valence-corrected chi connectivity index (χ2v) is 6.52. The number of nitrogens with one attached hydrogen (secondary N) is 1. The zero-order valence-corrected chi connectivity index (χ0v) is 14.5. The van der Waals surface area contributed by atoms with Crippen LogP contribution in [-0.2, 0) is 0 Å². The molecular weight excluding hydrogens is 258 g/mol. The first kappa shape index (κ1) is 18.0. The quantitative estimate of drug-likeness (QED) is 0.613. The van der Waals surface area contributed by atoms with Crippen molar-refractivity contribution in [2.45, 2.75) is 65.8 Å². The van der Waals surface area contributed by atoms with E-state index in [0.717, 1.165) is 31.2 Å². The lowest BCUT2D eigenvalue weighted by Gasteiger charge is -2.18.